The fourth-order valence-corrected chi connectivity index (χ4v) is 3.94. The SMILES string of the molecule is CCCO[C@]1(C(=O)Nc2cc(C)c(O[C@@H](C)CC)c(C)c2)CCC[C@@H](C)C1. The van der Waals surface area contributed by atoms with Crippen molar-refractivity contribution in [3.05, 3.63) is 23.3 Å². The van der Waals surface area contributed by atoms with Crippen LogP contribution < -0.4 is 10.1 Å². The van der Waals surface area contributed by atoms with Crippen LogP contribution in [0.15, 0.2) is 12.1 Å². The van der Waals surface area contributed by atoms with Gasteiger partial charge in [-0.25, -0.2) is 0 Å². The molecule has 1 aromatic carbocycles. The smallest absolute Gasteiger partial charge is 0.256 e. The Balaban J connectivity index is 2.19. The summed E-state index contributed by atoms with van der Waals surface area (Å²) < 4.78 is 12.2. The molecule has 0 heterocycles. The average molecular weight is 376 g/mol. The Labute approximate surface area is 165 Å². The summed E-state index contributed by atoms with van der Waals surface area (Å²) in [6.45, 7) is 13.2. The Kier molecular flexibility index (Phi) is 7.72. The number of carbonyl (C=O) groups is 1. The molecular weight excluding hydrogens is 338 g/mol. The van der Waals surface area contributed by atoms with Crippen molar-refractivity contribution in [2.45, 2.75) is 91.8 Å². The van der Waals surface area contributed by atoms with E-state index < -0.39 is 5.60 Å². The van der Waals surface area contributed by atoms with E-state index in [4.69, 9.17) is 9.47 Å². The van der Waals surface area contributed by atoms with E-state index in [0.717, 1.165) is 54.7 Å². The number of ether oxygens (including phenoxy) is 2. The molecule has 1 fully saturated rings. The minimum atomic E-state index is -0.693. The van der Waals surface area contributed by atoms with Crippen molar-refractivity contribution >= 4 is 11.6 Å². The maximum atomic E-state index is 13.2. The lowest BCUT2D eigenvalue weighted by Crippen LogP contribution is -2.48. The molecule has 1 saturated carbocycles. The van der Waals surface area contributed by atoms with E-state index in [2.05, 4.69) is 33.0 Å². The van der Waals surface area contributed by atoms with E-state index in [1.54, 1.807) is 0 Å². The van der Waals surface area contributed by atoms with Crippen LogP contribution in [-0.2, 0) is 9.53 Å². The van der Waals surface area contributed by atoms with Gasteiger partial charge in [-0.3, -0.25) is 4.79 Å². The van der Waals surface area contributed by atoms with Gasteiger partial charge in [-0.15, -0.1) is 0 Å². The quantitative estimate of drug-likeness (QED) is 0.625. The van der Waals surface area contributed by atoms with Crippen LogP contribution in [0.3, 0.4) is 0 Å². The van der Waals surface area contributed by atoms with Crippen LogP contribution >= 0.6 is 0 Å². The molecule has 0 aromatic heterocycles. The molecule has 0 bridgehead atoms. The van der Waals surface area contributed by atoms with Gasteiger partial charge in [0.2, 0.25) is 0 Å². The summed E-state index contributed by atoms with van der Waals surface area (Å²) in [5.41, 5.74) is 2.22. The number of rotatable bonds is 8. The zero-order valence-electron chi connectivity index (χ0n) is 18.0. The predicted octanol–water partition coefficient (Wildman–Crippen LogP) is 5.79. The van der Waals surface area contributed by atoms with Gasteiger partial charge in [0, 0.05) is 12.3 Å². The van der Waals surface area contributed by atoms with E-state index >= 15 is 0 Å². The van der Waals surface area contributed by atoms with Crippen molar-refractivity contribution in [1.29, 1.82) is 0 Å². The zero-order chi connectivity index (χ0) is 20.0. The van der Waals surface area contributed by atoms with Crippen molar-refractivity contribution in [1.82, 2.24) is 0 Å². The van der Waals surface area contributed by atoms with Crippen molar-refractivity contribution < 1.29 is 14.3 Å². The van der Waals surface area contributed by atoms with E-state index in [9.17, 15) is 4.79 Å². The fourth-order valence-electron chi connectivity index (χ4n) is 3.94. The third kappa shape index (κ3) is 5.47. The summed E-state index contributed by atoms with van der Waals surface area (Å²) in [5.74, 6) is 1.43. The van der Waals surface area contributed by atoms with Crippen LogP contribution in [0.2, 0.25) is 0 Å². The monoisotopic (exact) mass is 375 g/mol. The number of benzene rings is 1. The molecule has 0 radical (unpaired) electrons. The second-order valence-corrected chi connectivity index (χ2v) is 8.27. The van der Waals surface area contributed by atoms with Gasteiger partial charge in [-0.05, 0) is 82.1 Å². The highest BCUT2D eigenvalue weighted by Crippen LogP contribution is 2.37. The van der Waals surface area contributed by atoms with Crippen LogP contribution in [0.25, 0.3) is 0 Å². The first-order valence-corrected chi connectivity index (χ1v) is 10.5. The topological polar surface area (TPSA) is 47.6 Å². The summed E-state index contributed by atoms with van der Waals surface area (Å²) in [6, 6.07) is 4.00. The standard InChI is InChI=1S/C23H37NO3/c1-7-12-26-23(11-9-10-16(3)15-23)22(25)24-20-13-17(4)21(18(5)14-20)27-19(6)8-2/h13-14,16,19H,7-12,15H2,1-6H3,(H,24,25)/t16-,19+,23-/m1/s1. The maximum absolute atomic E-state index is 13.2. The lowest BCUT2D eigenvalue weighted by atomic mass is 9.78. The molecule has 1 N–H and O–H groups in total. The van der Waals surface area contributed by atoms with Gasteiger partial charge in [0.1, 0.15) is 11.4 Å². The highest BCUT2D eigenvalue weighted by molar-refractivity contribution is 5.97. The largest absolute Gasteiger partial charge is 0.490 e. The Bertz CT molecular complexity index is 620. The molecule has 1 aliphatic carbocycles. The van der Waals surface area contributed by atoms with Crippen molar-refractivity contribution in [2.24, 2.45) is 5.92 Å². The molecule has 1 amide bonds. The molecule has 1 aliphatic rings. The molecule has 3 atom stereocenters. The van der Waals surface area contributed by atoms with Gasteiger partial charge in [-0.1, -0.05) is 27.2 Å². The van der Waals surface area contributed by atoms with Crippen LogP contribution in [0.4, 0.5) is 5.69 Å². The Morgan fingerprint density at radius 1 is 1.30 bits per heavy atom. The molecule has 4 nitrogen and oxygen atoms in total. The van der Waals surface area contributed by atoms with Crippen LogP contribution in [0, 0.1) is 19.8 Å². The lowest BCUT2D eigenvalue weighted by Gasteiger charge is -2.38. The van der Waals surface area contributed by atoms with Gasteiger partial charge in [0.15, 0.2) is 0 Å². The van der Waals surface area contributed by atoms with Gasteiger partial charge in [0.05, 0.1) is 6.10 Å². The summed E-state index contributed by atoms with van der Waals surface area (Å²) in [4.78, 5) is 13.2. The highest BCUT2D eigenvalue weighted by atomic mass is 16.5. The number of anilines is 1. The van der Waals surface area contributed by atoms with Crippen LogP contribution in [0.5, 0.6) is 5.75 Å². The van der Waals surface area contributed by atoms with Crippen molar-refractivity contribution in [2.75, 3.05) is 11.9 Å². The van der Waals surface area contributed by atoms with Crippen molar-refractivity contribution in [3.63, 3.8) is 0 Å². The maximum Gasteiger partial charge on any atom is 0.256 e. The van der Waals surface area contributed by atoms with Crippen molar-refractivity contribution in [3.8, 4) is 5.75 Å². The number of amides is 1. The van der Waals surface area contributed by atoms with Gasteiger partial charge in [0.25, 0.3) is 5.91 Å². The molecular formula is C23H37NO3. The second kappa shape index (κ2) is 9.59. The third-order valence-corrected chi connectivity index (χ3v) is 5.56. The summed E-state index contributed by atoms with van der Waals surface area (Å²) in [6.07, 6.45) is 5.87. The number of nitrogens with one attached hydrogen (secondary N) is 1. The van der Waals surface area contributed by atoms with E-state index in [-0.39, 0.29) is 12.0 Å². The van der Waals surface area contributed by atoms with Crippen LogP contribution in [0.1, 0.15) is 77.3 Å². The summed E-state index contributed by atoms with van der Waals surface area (Å²) in [5, 5.41) is 3.14. The Hall–Kier alpha value is -1.55. The molecule has 4 heteroatoms. The van der Waals surface area contributed by atoms with Crippen LogP contribution in [-0.4, -0.2) is 24.2 Å². The number of aryl methyl sites for hydroxylation is 2. The summed E-state index contributed by atoms with van der Waals surface area (Å²) in [7, 11) is 0. The molecule has 2 rings (SSSR count). The molecule has 0 aliphatic heterocycles. The molecule has 0 saturated heterocycles. The molecule has 152 valence electrons. The van der Waals surface area contributed by atoms with E-state index in [0.29, 0.717) is 12.5 Å². The van der Waals surface area contributed by atoms with E-state index in [1.807, 2.05) is 26.0 Å². The molecule has 1 aromatic rings. The normalized spacial score (nSPS) is 23.7. The Morgan fingerprint density at radius 2 is 1.96 bits per heavy atom. The average Bonchev–Trinajstić information content (AvgIpc) is 2.62. The minimum absolute atomic E-state index is 0.00288. The predicted molar refractivity (Wildman–Crippen MR) is 112 cm³/mol. The first-order valence-electron chi connectivity index (χ1n) is 10.5. The zero-order valence-corrected chi connectivity index (χ0v) is 18.0. The minimum Gasteiger partial charge on any atom is -0.490 e. The van der Waals surface area contributed by atoms with Gasteiger partial charge >= 0.3 is 0 Å². The third-order valence-electron chi connectivity index (χ3n) is 5.56. The Morgan fingerprint density at radius 3 is 2.52 bits per heavy atom. The first-order chi connectivity index (χ1) is 12.8. The lowest BCUT2D eigenvalue weighted by molar-refractivity contribution is -0.148. The van der Waals surface area contributed by atoms with Gasteiger partial charge in [-0.2, -0.15) is 0 Å². The second-order valence-electron chi connectivity index (χ2n) is 8.27. The van der Waals surface area contributed by atoms with Gasteiger partial charge < -0.3 is 14.8 Å². The molecule has 27 heavy (non-hydrogen) atoms. The molecule has 0 unspecified atom stereocenters. The molecule has 0 spiro atoms. The highest BCUT2D eigenvalue weighted by Gasteiger charge is 2.42. The summed E-state index contributed by atoms with van der Waals surface area (Å²) >= 11 is 0. The fraction of sp³-hybridized carbons (Fsp3) is 0.696. The number of hydrogen-bond donors (Lipinski definition) is 1. The number of hydrogen-bond acceptors (Lipinski definition) is 3. The first kappa shape index (κ1) is 21.7. The number of carbonyl (C=O) groups excluding carboxylic acids is 1. The van der Waals surface area contributed by atoms with E-state index in [1.165, 1.54) is 6.42 Å².